The largest absolute Gasteiger partial charge is 0.387 e. The van der Waals surface area contributed by atoms with E-state index in [-0.39, 0.29) is 0 Å². The molecule has 0 bridgehead atoms. The van der Waals surface area contributed by atoms with E-state index in [4.69, 9.17) is 0 Å². The van der Waals surface area contributed by atoms with Crippen LogP contribution in [0.15, 0.2) is 18.5 Å². The first-order chi connectivity index (χ1) is 10.2. The Bertz CT molecular complexity index is 427. The van der Waals surface area contributed by atoms with Crippen LogP contribution in [0.1, 0.15) is 37.4 Å². The van der Waals surface area contributed by atoms with Crippen molar-refractivity contribution in [3.63, 3.8) is 0 Å². The van der Waals surface area contributed by atoms with Gasteiger partial charge in [-0.25, -0.2) is 4.39 Å². The topological polar surface area (TPSA) is 57.2 Å². The summed E-state index contributed by atoms with van der Waals surface area (Å²) in [6.45, 7) is 1.35. The highest BCUT2D eigenvalue weighted by Gasteiger charge is 2.20. The molecular formula is C15H24FN3OS. The van der Waals surface area contributed by atoms with Crippen molar-refractivity contribution >= 4 is 11.9 Å². The Balaban J connectivity index is 1.66. The second-order valence-corrected chi connectivity index (χ2v) is 6.29. The number of hydrogen-bond acceptors (Lipinski definition) is 5. The van der Waals surface area contributed by atoms with Gasteiger partial charge in [-0.1, -0.05) is 11.9 Å². The average molecular weight is 313 g/mol. The van der Waals surface area contributed by atoms with Gasteiger partial charge in [-0.2, -0.15) is 0 Å². The number of aliphatic hydroxyl groups excluding tert-OH is 1. The zero-order valence-corrected chi connectivity index (χ0v) is 13.2. The molecule has 0 aromatic carbocycles. The average Bonchev–Trinajstić information content (AvgIpc) is 2.49. The summed E-state index contributed by atoms with van der Waals surface area (Å²) in [7, 11) is 0. The molecule has 0 saturated heterocycles. The van der Waals surface area contributed by atoms with Gasteiger partial charge in [0.05, 0.1) is 12.3 Å². The fourth-order valence-electron chi connectivity index (χ4n) is 2.80. The maximum atomic E-state index is 13.0. The maximum absolute atomic E-state index is 13.0. The van der Waals surface area contributed by atoms with Crippen LogP contribution >= 0.6 is 11.9 Å². The van der Waals surface area contributed by atoms with Crippen molar-refractivity contribution in [2.45, 2.75) is 37.8 Å². The van der Waals surface area contributed by atoms with E-state index in [1.165, 1.54) is 37.9 Å². The summed E-state index contributed by atoms with van der Waals surface area (Å²) in [5.74, 6) is 0.258. The van der Waals surface area contributed by atoms with Crippen LogP contribution in [0, 0.1) is 11.7 Å². The van der Waals surface area contributed by atoms with Crippen molar-refractivity contribution < 1.29 is 9.50 Å². The number of hydrogen-bond donors (Lipinski definition) is 3. The summed E-state index contributed by atoms with van der Waals surface area (Å²) >= 11 is 1.69. The highest BCUT2D eigenvalue weighted by molar-refractivity contribution is 7.96. The number of rotatable bonds is 7. The smallest absolute Gasteiger partial charge is 0.141 e. The van der Waals surface area contributed by atoms with E-state index in [1.807, 2.05) is 0 Å². The van der Waals surface area contributed by atoms with Gasteiger partial charge in [-0.05, 0) is 50.5 Å². The van der Waals surface area contributed by atoms with E-state index in [0.29, 0.717) is 24.1 Å². The monoisotopic (exact) mass is 313 g/mol. The summed E-state index contributed by atoms with van der Waals surface area (Å²) in [4.78, 5) is 3.76. The van der Waals surface area contributed by atoms with Crippen molar-refractivity contribution in [3.05, 3.63) is 29.8 Å². The van der Waals surface area contributed by atoms with E-state index in [2.05, 4.69) is 21.3 Å². The Morgan fingerprint density at radius 2 is 2.14 bits per heavy atom. The maximum Gasteiger partial charge on any atom is 0.141 e. The molecule has 6 heteroatoms. The standard InChI is InChI=1S/C15H24FN3OS/c1-21-19-14-4-2-11(3-5-14)7-17-10-15(20)12-6-13(16)9-18-8-12/h6,8-9,11,14-15,17,19-20H,2-5,7,10H2,1H3/t11?,14?,15-/m0/s1. The summed E-state index contributed by atoms with van der Waals surface area (Å²) in [5.41, 5.74) is 0.523. The molecule has 1 aromatic heterocycles. The predicted octanol–water partition coefficient (Wildman–Crippen LogP) is 2.27. The SMILES string of the molecule is CSNC1CCC(CNC[C@H](O)c2cncc(F)c2)CC1. The zero-order chi connectivity index (χ0) is 15.1. The van der Waals surface area contributed by atoms with Crippen LogP contribution < -0.4 is 10.0 Å². The van der Waals surface area contributed by atoms with Crippen molar-refractivity contribution in [3.8, 4) is 0 Å². The first-order valence-electron chi connectivity index (χ1n) is 7.46. The number of nitrogens with zero attached hydrogens (tertiary/aromatic N) is 1. The third kappa shape index (κ3) is 5.54. The van der Waals surface area contributed by atoms with Crippen LogP contribution in [0.4, 0.5) is 4.39 Å². The predicted molar refractivity (Wildman–Crippen MR) is 84.4 cm³/mol. The zero-order valence-electron chi connectivity index (χ0n) is 12.4. The molecule has 0 spiro atoms. The lowest BCUT2D eigenvalue weighted by Gasteiger charge is -2.29. The Kier molecular flexibility index (Phi) is 6.89. The van der Waals surface area contributed by atoms with Crippen molar-refractivity contribution in [1.82, 2.24) is 15.0 Å². The molecule has 1 heterocycles. The highest BCUT2D eigenvalue weighted by Crippen LogP contribution is 2.24. The van der Waals surface area contributed by atoms with E-state index in [9.17, 15) is 9.50 Å². The van der Waals surface area contributed by atoms with Crippen LogP contribution in [0.2, 0.25) is 0 Å². The lowest BCUT2D eigenvalue weighted by Crippen LogP contribution is -2.34. The molecule has 0 amide bonds. The third-order valence-corrected chi connectivity index (χ3v) is 4.58. The van der Waals surface area contributed by atoms with Gasteiger partial charge in [-0.15, -0.1) is 0 Å². The summed E-state index contributed by atoms with van der Waals surface area (Å²) in [6.07, 6.45) is 8.86. The molecule has 1 aromatic rings. The quantitative estimate of drug-likeness (QED) is 0.674. The molecule has 1 saturated carbocycles. The van der Waals surface area contributed by atoms with Gasteiger partial charge in [0.25, 0.3) is 0 Å². The Morgan fingerprint density at radius 1 is 1.38 bits per heavy atom. The van der Waals surface area contributed by atoms with Gasteiger partial charge in [0, 0.05) is 24.3 Å². The second-order valence-electron chi connectivity index (χ2n) is 5.65. The molecule has 1 atom stereocenters. The summed E-state index contributed by atoms with van der Waals surface area (Å²) in [5, 5.41) is 13.3. The van der Waals surface area contributed by atoms with Gasteiger partial charge in [0.15, 0.2) is 0 Å². The van der Waals surface area contributed by atoms with Gasteiger partial charge >= 0.3 is 0 Å². The normalized spacial score (nSPS) is 24.0. The first-order valence-corrected chi connectivity index (χ1v) is 8.69. The van der Waals surface area contributed by atoms with E-state index >= 15 is 0 Å². The molecule has 0 unspecified atom stereocenters. The molecule has 3 N–H and O–H groups in total. The molecule has 1 aliphatic carbocycles. The molecule has 1 aliphatic rings. The molecule has 1 fully saturated rings. The number of aromatic nitrogens is 1. The van der Waals surface area contributed by atoms with Gasteiger partial charge < -0.3 is 10.4 Å². The van der Waals surface area contributed by atoms with E-state index in [1.54, 1.807) is 11.9 Å². The molecule has 21 heavy (non-hydrogen) atoms. The number of nitrogens with one attached hydrogen (secondary N) is 2. The number of pyridine rings is 1. The second kappa shape index (κ2) is 8.68. The molecule has 118 valence electrons. The Morgan fingerprint density at radius 3 is 2.81 bits per heavy atom. The fraction of sp³-hybridized carbons (Fsp3) is 0.667. The molecule has 0 aliphatic heterocycles. The molecule has 0 radical (unpaired) electrons. The van der Waals surface area contributed by atoms with Crippen LogP contribution in [0.3, 0.4) is 0 Å². The minimum Gasteiger partial charge on any atom is -0.387 e. The number of halogens is 1. The Hall–Kier alpha value is -0.690. The Labute approximate surface area is 130 Å². The first kappa shape index (κ1) is 16.7. The summed E-state index contributed by atoms with van der Waals surface area (Å²) < 4.78 is 16.5. The van der Waals surface area contributed by atoms with Gasteiger partial charge in [-0.3, -0.25) is 9.71 Å². The summed E-state index contributed by atoms with van der Waals surface area (Å²) in [6, 6.07) is 1.97. The van der Waals surface area contributed by atoms with Crippen molar-refractivity contribution in [1.29, 1.82) is 0 Å². The van der Waals surface area contributed by atoms with E-state index < -0.39 is 11.9 Å². The van der Waals surface area contributed by atoms with Crippen LogP contribution in [-0.4, -0.2) is 35.5 Å². The number of aliphatic hydroxyl groups is 1. The minimum atomic E-state index is -0.706. The van der Waals surface area contributed by atoms with Crippen LogP contribution in [0.5, 0.6) is 0 Å². The molecule has 2 rings (SSSR count). The van der Waals surface area contributed by atoms with Crippen molar-refractivity contribution in [2.75, 3.05) is 19.3 Å². The van der Waals surface area contributed by atoms with Crippen LogP contribution in [-0.2, 0) is 0 Å². The molecular weight excluding hydrogens is 289 g/mol. The minimum absolute atomic E-state index is 0.411. The van der Waals surface area contributed by atoms with Gasteiger partial charge in [0.2, 0.25) is 0 Å². The van der Waals surface area contributed by atoms with Gasteiger partial charge in [0.1, 0.15) is 5.82 Å². The molecule has 4 nitrogen and oxygen atoms in total. The highest BCUT2D eigenvalue weighted by atomic mass is 32.2. The van der Waals surface area contributed by atoms with Crippen molar-refractivity contribution in [2.24, 2.45) is 5.92 Å². The van der Waals surface area contributed by atoms with E-state index in [0.717, 1.165) is 12.7 Å². The third-order valence-electron chi connectivity index (χ3n) is 4.01. The lowest BCUT2D eigenvalue weighted by atomic mass is 9.86. The fourth-order valence-corrected chi connectivity index (χ4v) is 3.37. The van der Waals surface area contributed by atoms with Crippen LogP contribution in [0.25, 0.3) is 0 Å². The lowest BCUT2D eigenvalue weighted by molar-refractivity contribution is 0.169.